The van der Waals surface area contributed by atoms with Crippen LogP contribution >= 0.6 is 0 Å². The Kier molecular flexibility index (Phi) is 20.3. The average Bonchev–Trinajstić information content (AvgIpc) is 2.81. The van der Waals surface area contributed by atoms with Gasteiger partial charge in [-0.15, -0.1) is 0 Å². The van der Waals surface area contributed by atoms with E-state index in [9.17, 15) is 9.59 Å². The van der Waals surface area contributed by atoms with Crippen LogP contribution in [0.15, 0.2) is 0 Å². The van der Waals surface area contributed by atoms with Crippen molar-refractivity contribution in [1.82, 2.24) is 10.6 Å². The molecule has 35 heavy (non-hydrogen) atoms. The highest BCUT2D eigenvalue weighted by atomic mass is 16.5. The molecule has 4 atom stereocenters. The molecule has 2 N–H and O–H groups in total. The summed E-state index contributed by atoms with van der Waals surface area (Å²) < 4.78 is 12.3. The summed E-state index contributed by atoms with van der Waals surface area (Å²) in [6.45, 7) is 15.7. The molecule has 0 aliphatic rings. The Balaban J connectivity index is 4.18. The molecular formula is C29H58N2O4. The minimum absolute atomic E-state index is 0.00778. The van der Waals surface area contributed by atoms with E-state index in [1.165, 1.54) is 38.5 Å². The number of unbranched alkanes of at least 4 members (excludes halogenated alkanes) is 8. The zero-order chi connectivity index (χ0) is 26.5. The van der Waals surface area contributed by atoms with E-state index in [-0.39, 0.29) is 35.6 Å². The molecule has 0 bridgehead atoms. The number of carbonyl (C=O) groups is 2. The fraction of sp³-hybridized carbons (Fsp3) is 0.931. The van der Waals surface area contributed by atoms with Crippen molar-refractivity contribution in [2.75, 3.05) is 13.2 Å². The summed E-state index contributed by atoms with van der Waals surface area (Å²) in [7, 11) is 0. The molecule has 0 saturated heterocycles. The highest BCUT2D eigenvalue weighted by Crippen LogP contribution is 2.23. The lowest BCUT2D eigenvalue weighted by Gasteiger charge is -2.33. The van der Waals surface area contributed by atoms with E-state index in [1.54, 1.807) is 0 Å². The molecule has 0 aliphatic carbocycles. The van der Waals surface area contributed by atoms with E-state index in [2.05, 4.69) is 45.3 Å². The van der Waals surface area contributed by atoms with Gasteiger partial charge in [0, 0.05) is 31.3 Å². The van der Waals surface area contributed by atoms with Gasteiger partial charge in [0.2, 0.25) is 11.8 Å². The lowest BCUT2D eigenvalue weighted by molar-refractivity contribution is -0.123. The standard InChI is InChI=1S/C29H58N2O4/c1-8-11-13-15-17-19-27(32)30-24(4)22-34-26(6)21-29(7,10-3)35-23-25(5)31-28(33)20-18-16-14-12-9-2/h24-26H,8-23H2,1-7H3,(H,30,32)(H,31,33). The zero-order valence-electron chi connectivity index (χ0n) is 24.2. The molecule has 0 aliphatic heterocycles. The molecule has 6 nitrogen and oxygen atoms in total. The average molecular weight is 499 g/mol. The number of amides is 2. The summed E-state index contributed by atoms with van der Waals surface area (Å²) in [5.74, 6) is 0.230. The zero-order valence-corrected chi connectivity index (χ0v) is 24.2. The topological polar surface area (TPSA) is 76.7 Å². The Morgan fingerprint density at radius 3 is 1.63 bits per heavy atom. The SMILES string of the molecule is CCCCCCCC(=O)NC(C)COC(C)CC(C)(CC)OCC(C)NC(=O)CCCCCCC. The van der Waals surface area contributed by atoms with Gasteiger partial charge in [-0.1, -0.05) is 72.1 Å². The number of hydrogen-bond acceptors (Lipinski definition) is 4. The van der Waals surface area contributed by atoms with Gasteiger partial charge in [0.1, 0.15) is 0 Å². The van der Waals surface area contributed by atoms with E-state index in [4.69, 9.17) is 9.47 Å². The molecule has 0 aromatic rings. The Bertz CT molecular complexity index is 543. The third-order valence-corrected chi connectivity index (χ3v) is 6.61. The second-order valence-electron chi connectivity index (χ2n) is 10.7. The van der Waals surface area contributed by atoms with Crippen molar-refractivity contribution in [3.8, 4) is 0 Å². The van der Waals surface area contributed by atoms with Crippen LogP contribution in [0.4, 0.5) is 0 Å². The van der Waals surface area contributed by atoms with Crippen molar-refractivity contribution < 1.29 is 19.1 Å². The van der Waals surface area contributed by atoms with Crippen LogP contribution in [0.3, 0.4) is 0 Å². The first-order valence-electron chi connectivity index (χ1n) is 14.5. The number of ether oxygens (including phenoxy) is 2. The summed E-state index contributed by atoms with van der Waals surface area (Å²) in [6.07, 6.45) is 14.3. The van der Waals surface area contributed by atoms with Gasteiger partial charge in [0.05, 0.1) is 24.9 Å². The minimum Gasteiger partial charge on any atom is -0.376 e. The van der Waals surface area contributed by atoms with Gasteiger partial charge in [-0.05, 0) is 47.0 Å². The van der Waals surface area contributed by atoms with Gasteiger partial charge >= 0.3 is 0 Å². The van der Waals surface area contributed by atoms with Crippen LogP contribution in [0.5, 0.6) is 0 Å². The van der Waals surface area contributed by atoms with Crippen molar-refractivity contribution in [3.63, 3.8) is 0 Å². The van der Waals surface area contributed by atoms with Gasteiger partial charge in [-0.3, -0.25) is 9.59 Å². The Morgan fingerprint density at radius 2 is 1.17 bits per heavy atom. The minimum atomic E-state index is -0.316. The largest absolute Gasteiger partial charge is 0.376 e. The number of rotatable bonds is 23. The molecule has 0 saturated carbocycles. The van der Waals surface area contributed by atoms with Crippen LogP contribution in [0.2, 0.25) is 0 Å². The normalized spacial score (nSPS) is 15.7. The number of nitrogens with one attached hydrogen (secondary N) is 2. The predicted molar refractivity (Wildman–Crippen MR) is 147 cm³/mol. The summed E-state index contributed by atoms with van der Waals surface area (Å²) in [4.78, 5) is 24.3. The van der Waals surface area contributed by atoms with Crippen molar-refractivity contribution in [1.29, 1.82) is 0 Å². The van der Waals surface area contributed by atoms with E-state index >= 15 is 0 Å². The first kappa shape index (κ1) is 33.9. The van der Waals surface area contributed by atoms with Gasteiger partial charge < -0.3 is 20.1 Å². The first-order valence-corrected chi connectivity index (χ1v) is 14.5. The maximum absolute atomic E-state index is 12.2. The Morgan fingerprint density at radius 1 is 0.714 bits per heavy atom. The highest BCUT2D eigenvalue weighted by molar-refractivity contribution is 5.76. The summed E-state index contributed by atoms with van der Waals surface area (Å²) in [5.41, 5.74) is -0.316. The molecule has 6 heteroatoms. The summed E-state index contributed by atoms with van der Waals surface area (Å²) in [6, 6.07) is -0.0240. The van der Waals surface area contributed by atoms with Gasteiger partial charge in [-0.2, -0.15) is 0 Å². The van der Waals surface area contributed by atoms with E-state index < -0.39 is 0 Å². The van der Waals surface area contributed by atoms with Crippen LogP contribution in [0.25, 0.3) is 0 Å². The first-order chi connectivity index (χ1) is 16.7. The van der Waals surface area contributed by atoms with E-state index in [0.29, 0.717) is 26.1 Å². The van der Waals surface area contributed by atoms with Gasteiger partial charge in [-0.25, -0.2) is 0 Å². The Hall–Kier alpha value is -1.14. The molecule has 0 fully saturated rings. The van der Waals surface area contributed by atoms with Crippen molar-refractivity contribution in [2.24, 2.45) is 0 Å². The Labute approximate surface area is 217 Å². The summed E-state index contributed by atoms with van der Waals surface area (Å²) in [5, 5.41) is 6.12. The molecular weight excluding hydrogens is 440 g/mol. The highest BCUT2D eigenvalue weighted by Gasteiger charge is 2.27. The number of hydrogen-bond donors (Lipinski definition) is 2. The van der Waals surface area contributed by atoms with E-state index in [1.807, 2.05) is 13.8 Å². The molecule has 0 spiro atoms. The monoisotopic (exact) mass is 498 g/mol. The fourth-order valence-corrected chi connectivity index (χ4v) is 4.16. The molecule has 0 aromatic heterocycles. The van der Waals surface area contributed by atoms with Crippen LogP contribution in [-0.4, -0.2) is 48.8 Å². The van der Waals surface area contributed by atoms with Crippen molar-refractivity contribution in [2.45, 2.75) is 162 Å². The second kappa shape index (κ2) is 21.0. The van der Waals surface area contributed by atoms with Crippen LogP contribution in [0.1, 0.15) is 138 Å². The van der Waals surface area contributed by atoms with Crippen molar-refractivity contribution in [3.05, 3.63) is 0 Å². The molecule has 0 aromatic carbocycles. The summed E-state index contributed by atoms with van der Waals surface area (Å²) >= 11 is 0. The third kappa shape index (κ3) is 19.7. The maximum atomic E-state index is 12.2. The molecule has 0 rings (SSSR count). The second-order valence-corrected chi connectivity index (χ2v) is 10.7. The van der Waals surface area contributed by atoms with Crippen molar-refractivity contribution >= 4 is 11.8 Å². The number of carbonyl (C=O) groups excluding carboxylic acids is 2. The molecule has 208 valence electrons. The van der Waals surface area contributed by atoms with Crippen LogP contribution in [0, 0.1) is 0 Å². The third-order valence-electron chi connectivity index (χ3n) is 6.61. The predicted octanol–water partition coefficient (Wildman–Crippen LogP) is 6.70. The van der Waals surface area contributed by atoms with Gasteiger partial charge in [0.15, 0.2) is 0 Å². The molecule has 4 unspecified atom stereocenters. The molecule has 2 amide bonds. The smallest absolute Gasteiger partial charge is 0.220 e. The fourth-order valence-electron chi connectivity index (χ4n) is 4.16. The maximum Gasteiger partial charge on any atom is 0.220 e. The molecule has 0 radical (unpaired) electrons. The lowest BCUT2D eigenvalue weighted by atomic mass is 9.95. The van der Waals surface area contributed by atoms with Crippen LogP contribution < -0.4 is 10.6 Å². The lowest BCUT2D eigenvalue weighted by Crippen LogP contribution is -2.41. The van der Waals surface area contributed by atoms with Crippen LogP contribution in [-0.2, 0) is 19.1 Å². The van der Waals surface area contributed by atoms with E-state index in [0.717, 1.165) is 38.5 Å². The molecule has 0 heterocycles. The van der Waals surface area contributed by atoms with Gasteiger partial charge in [0.25, 0.3) is 0 Å². The quantitative estimate of drug-likeness (QED) is 0.154.